The van der Waals surface area contributed by atoms with Gasteiger partial charge in [-0.05, 0) is 55.0 Å². The van der Waals surface area contributed by atoms with Crippen molar-refractivity contribution in [2.45, 2.75) is 37.9 Å². The lowest BCUT2D eigenvalue weighted by Gasteiger charge is -2.30. The van der Waals surface area contributed by atoms with Gasteiger partial charge in [0.25, 0.3) is 0 Å². The summed E-state index contributed by atoms with van der Waals surface area (Å²) in [5.74, 6) is 2.90. The highest BCUT2D eigenvalue weighted by molar-refractivity contribution is 7.99. The number of aryl methyl sites for hydroxylation is 1. The molecule has 1 aliphatic rings. The number of carbonyl (C=O) groups is 1. The van der Waals surface area contributed by atoms with E-state index in [1.165, 1.54) is 17.3 Å². The second kappa shape index (κ2) is 10.7. The first kappa shape index (κ1) is 22.4. The first-order valence-electron chi connectivity index (χ1n) is 11.2. The van der Waals surface area contributed by atoms with Gasteiger partial charge in [0.05, 0.1) is 12.9 Å². The SMILES string of the molecule is COc1ccc(-c2nnc(SCC(=O)N3CCC(C)CC3)n2CCc2ccccc2)cc1. The molecule has 1 fully saturated rings. The summed E-state index contributed by atoms with van der Waals surface area (Å²) in [6.07, 6.45) is 3.05. The van der Waals surface area contributed by atoms with Gasteiger partial charge in [0.15, 0.2) is 11.0 Å². The Balaban J connectivity index is 1.51. The Bertz CT molecular complexity index is 1010. The zero-order chi connectivity index (χ0) is 22.3. The highest BCUT2D eigenvalue weighted by Gasteiger charge is 2.22. The lowest BCUT2D eigenvalue weighted by Crippen LogP contribution is -2.38. The maximum atomic E-state index is 12.7. The molecule has 0 aliphatic carbocycles. The van der Waals surface area contributed by atoms with E-state index >= 15 is 0 Å². The maximum Gasteiger partial charge on any atom is 0.233 e. The number of piperidine rings is 1. The van der Waals surface area contributed by atoms with E-state index in [0.717, 1.165) is 61.2 Å². The highest BCUT2D eigenvalue weighted by atomic mass is 32.2. The van der Waals surface area contributed by atoms with Gasteiger partial charge < -0.3 is 14.2 Å². The zero-order valence-corrected chi connectivity index (χ0v) is 19.6. The molecule has 0 bridgehead atoms. The summed E-state index contributed by atoms with van der Waals surface area (Å²) < 4.78 is 7.42. The van der Waals surface area contributed by atoms with Gasteiger partial charge in [-0.25, -0.2) is 0 Å². The molecular weight excluding hydrogens is 420 g/mol. The molecule has 2 aromatic carbocycles. The molecule has 6 nitrogen and oxygen atoms in total. The number of aromatic nitrogens is 3. The van der Waals surface area contributed by atoms with E-state index in [2.05, 4.69) is 46.0 Å². The van der Waals surface area contributed by atoms with Crippen molar-refractivity contribution in [3.8, 4) is 17.1 Å². The third kappa shape index (κ3) is 5.51. The van der Waals surface area contributed by atoms with E-state index in [-0.39, 0.29) is 5.91 Å². The number of carbonyl (C=O) groups excluding carboxylic acids is 1. The summed E-state index contributed by atoms with van der Waals surface area (Å²) in [5, 5.41) is 9.71. The molecule has 0 atom stereocenters. The van der Waals surface area contributed by atoms with E-state index in [0.29, 0.717) is 11.7 Å². The molecule has 2 heterocycles. The van der Waals surface area contributed by atoms with Crippen molar-refractivity contribution in [1.29, 1.82) is 0 Å². The van der Waals surface area contributed by atoms with Gasteiger partial charge in [-0.2, -0.15) is 0 Å². The fourth-order valence-corrected chi connectivity index (χ4v) is 4.78. The summed E-state index contributed by atoms with van der Waals surface area (Å²) in [5.41, 5.74) is 2.24. The van der Waals surface area contributed by atoms with E-state index in [1.54, 1.807) is 7.11 Å². The summed E-state index contributed by atoms with van der Waals surface area (Å²) in [7, 11) is 1.66. The number of thioether (sulfide) groups is 1. The molecule has 1 amide bonds. The molecule has 1 saturated heterocycles. The third-order valence-corrected chi connectivity index (χ3v) is 6.94. The van der Waals surface area contributed by atoms with Crippen LogP contribution in [0.5, 0.6) is 5.75 Å². The van der Waals surface area contributed by atoms with Gasteiger partial charge in [0.2, 0.25) is 5.91 Å². The maximum absolute atomic E-state index is 12.7. The predicted octanol–water partition coefficient (Wildman–Crippen LogP) is 4.55. The summed E-state index contributed by atoms with van der Waals surface area (Å²) >= 11 is 1.48. The minimum absolute atomic E-state index is 0.186. The Hall–Kier alpha value is -2.80. The molecule has 1 aromatic heterocycles. The fraction of sp³-hybridized carbons (Fsp3) is 0.400. The molecule has 32 heavy (non-hydrogen) atoms. The molecule has 0 saturated carbocycles. The number of benzene rings is 2. The van der Waals surface area contributed by atoms with Crippen LogP contribution in [-0.4, -0.2) is 51.5 Å². The number of amides is 1. The minimum atomic E-state index is 0.186. The summed E-state index contributed by atoms with van der Waals surface area (Å²) in [4.78, 5) is 14.7. The average Bonchev–Trinajstić information content (AvgIpc) is 3.25. The largest absolute Gasteiger partial charge is 0.497 e. The van der Waals surface area contributed by atoms with Crippen LogP contribution in [-0.2, 0) is 17.8 Å². The average molecular weight is 451 g/mol. The van der Waals surface area contributed by atoms with Crippen LogP contribution in [0.1, 0.15) is 25.3 Å². The predicted molar refractivity (Wildman–Crippen MR) is 128 cm³/mol. The third-order valence-electron chi connectivity index (χ3n) is 5.99. The van der Waals surface area contributed by atoms with E-state index in [4.69, 9.17) is 4.74 Å². The molecule has 3 aromatic rings. The van der Waals surface area contributed by atoms with Crippen LogP contribution in [0.15, 0.2) is 59.8 Å². The normalized spacial score (nSPS) is 14.5. The van der Waals surface area contributed by atoms with Crippen LogP contribution in [0.2, 0.25) is 0 Å². The van der Waals surface area contributed by atoms with Crippen molar-refractivity contribution < 1.29 is 9.53 Å². The smallest absolute Gasteiger partial charge is 0.233 e. The van der Waals surface area contributed by atoms with Crippen molar-refractivity contribution in [1.82, 2.24) is 19.7 Å². The Morgan fingerprint density at radius 3 is 2.47 bits per heavy atom. The lowest BCUT2D eigenvalue weighted by molar-refractivity contribution is -0.129. The van der Waals surface area contributed by atoms with Crippen LogP contribution >= 0.6 is 11.8 Å². The lowest BCUT2D eigenvalue weighted by atomic mass is 9.99. The molecule has 0 N–H and O–H groups in total. The molecule has 4 rings (SSSR count). The van der Waals surface area contributed by atoms with Gasteiger partial charge in [-0.15, -0.1) is 10.2 Å². The molecular formula is C25H30N4O2S. The molecule has 0 radical (unpaired) electrons. The Morgan fingerprint density at radius 2 is 1.78 bits per heavy atom. The first-order chi connectivity index (χ1) is 15.6. The summed E-state index contributed by atoms with van der Waals surface area (Å²) in [6, 6.07) is 18.3. The minimum Gasteiger partial charge on any atom is -0.497 e. The number of nitrogens with zero attached hydrogens (tertiary/aromatic N) is 4. The monoisotopic (exact) mass is 450 g/mol. The fourth-order valence-electron chi connectivity index (χ4n) is 3.91. The van der Waals surface area contributed by atoms with Crippen LogP contribution in [0.3, 0.4) is 0 Å². The van der Waals surface area contributed by atoms with Gasteiger partial charge in [0.1, 0.15) is 5.75 Å². The Morgan fingerprint density at radius 1 is 1.06 bits per heavy atom. The van der Waals surface area contributed by atoms with Crippen LogP contribution in [0.25, 0.3) is 11.4 Å². The second-order valence-corrected chi connectivity index (χ2v) is 9.22. The van der Waals surface area contributed by atoms with Crippen molar-refractivity contribution in [3.63, 3.8) is 0 Å². The number of rotatable bonds is 8. The van der Waals surface area contributed by atoms with Crippen LogP contribution in [0.4, 0.5) is 0 Å². The van der Waals surface area contributed by atoms with Gasteiger partial charge in [0, 0.05) is 25.2 Å². The number of methoxy groups -OCH3 is 1. The molecule has 0 unspecified atom stereocenters. The van der Waals surface area contributed by atoms with Gasteiger partial charge in [-0.3, -0.25) is 4.79 Å². The zero-order valence-electron chi connectivity index (χ0n) is 18.7. The van der Waals surface area contributed by atoms with Crippen molar-refractivity contribution in [2.75, 3.05) is 26.0 Å². The highest BCUT2D eigenvalue weighted by Crippen LogP contribution is 2.27. The van der Waals surface area contributed by atoms with E-state index < -0.39 is 0 Å². The molecule has 7 heteroatoms. The number of hydrogen-bond acceptors (Lipinski definition) is 5. The quantitative estimate of drug-likeness (QED) is 0.471. The van der Waals surface area contributed by atoms with Crippen molar-refractivity contribution in [3.05, 3.63) is 60.2 Å². The molecule has 168 valence electrons. The van der Waals surface area contributed by atoms with Gasteiger partial charge >= 0.3 is 0 Å². The van der Waals surface area contributed by atoms with Crippen LogP contribution < -0.4 is 4.74 Å². The van der Waals surface area contributed by atoms with Crippen molar-refractivity contribution >= 4 is 17.7 Å². The number of hydrogen-bond donors (Lipinski definition) is 0. The molecule has 1 aliphatic heterocycles. The van der Waals surface area contributed by atoms with Gasteiger partial charge in [-0.1, -0.05) is 49.0 Å². The van der Waals surface area contributed by atoms with E-state index in [9.17, 15) is 4.79 Å². The number of ether oxygens (including phenoxy) is 1. The Labute approximate surface area is 194 Å². The molecule has 0 spiro atoms. The van der Waals surface area contributed by atoms with Crippen LogP contribution in [0, 0.1) is 5.92 Å². The number of likely N-dealkylation sites (tertiary alicyclic amines) is 1. The van der Waals surface area contributed by atoms with E-state index in [1.807, 2.05) is 35.2 Å². The standard InChI is InChI=1S/C25H30N4O2S/c1-19-12-15-28(16-13-19)23(30)18-32-25-27-26-24(21-8-10-22(31-2)11-9-21)29(25)17-14-20-6-4-3-5-7-20/h3-11,19H,12-18H2,1-2H3. The van der Waals surface area contributed by atoms with Crippen molar-refractivity contribution in [2.24, 2.45) is 5.92 Å². The second-order valence-electron chi connectivity index (χ2n) is 8.27. The first-order valence-corrected chi connectivity index (χ1v) is 12.1. The summed E-state index contributed by atoms with van der Waals surface area (Å²) in [6.45, 7) is 4.72. The Kier molecular flexibility index (Phi) is 7.47. The topological polar surface area (TPSA) is 60.3 Å².